The van der Waals surface area contributed by atoms with Crippen molar-refractivity contribution in [3.05, 3.63) is 22.4 Å². The van der Waals surface area contributed by atoms with Gasteiger partial charge in [0.05, 0.1) is 11.4 Å². The Kier molecular flexibility index (Phi) is 1.60. The van der Waals surface area contributed by atoms with Crippen LogP contribution in [0.25, 0.3) is 0 Å². The highest BCUT2D eigenvalue weighted by atomic mass is 79.9. The summed E-state index contributed by atoms with van der Waals surface area (Å²) in [7, 11) is 2.10. The molecule has 1 aromatic rings. The van der Waals surface area contributed by atoms with E-state index in [1.54, 1.807) is 0 Å². The molecule has 2 rings (SSSR count). The molecule has 1 aliphatic rings. The summed E-state index contributed by atoms with van der Waals surface area (Å²) in [6.07, 6.45) is 1.07. The quantitative estimate of drug-likeness (QED) is 0.611. The number of hydrogen-bond acceptors (Lipinski definition) is 2. The van der Waals surface area contributed by atoms with Crippen LogP contribution >= 0.6 is 15.9 Å². The van der Waals surface area contributed by atoms with Crippen molar-refractivity contribution in [3.63, 3.8) is 0 Å². The summed E-state index contributed by atoms with van der Waals surface area (Å²) >= 11 is 3.36. The van der Waals surface area contributed by atoms with Gasteiger partial charge in [-0.2, -0.15) is 0 Å². The molecule has 0 saturated carbocycles. The molecule has 0 amide bonds. The van der Waals surface area contributed by atoms with Crippen LogP contribution in [0.2, 0.25) is 0 Å². The number of likely N-dealkylation sites (N-methyl/N-ethyl adjacent to an activating group) is 1. The molecule has 0 atom stereocenters. The molecule has 2 heterocycles. The molecule has 1 aromatic heterocycles. The molecule has 0 saturated heterocycles. The normalized spacial score (nSPS) is 15.3. The van der Waals surface area contributed by atoms with Crippen molar-refractivity contribution in [1.82, 2.24) is 4.98 Å². The van der Waals surface area contributed by atoms with Crippen LogP contribution in [0.15, 0.2) is 16.7 Å². The zero-order chi connectivity index (χ0) is 7.84. The fourth-order valence-corrected chi connectivity index (χ4v) is 1.74. The summed E-state index contributed by atoms with van der Waals surface area (Å²) < 4.78 is 0.937. The molecule has 0 spiro atoms. The monoisotopic (exact) mass is 212 g/mol. The summed E-state index contributed by atoms with van der Waals surface area (Å²) in [5, 5.41) is 0. The van der Waals surface area contributed by atoms with Gasteiger partial charge in [-0.15, -0.1) is 0 Å². The Balaban J connectivity index is 2.50. The van der Waals surface area contributed by atoms with E-state index in [9.17, 15) is 0 Å². The van der Waals surface area contributed by atoms with Gasteiger partial charge >= 0.3 is 0 Å². The first-order valence-electron chi connectivity index (χ1n) is 3.64. The van der Waals surface area contributed by atoms with E-state index in [1.807, 2.05) is 6.07 Å². The molecular weight excluding hydrogens is 204 g/mol. The van der Waals surface area contributed by atoms with Crippen LogP contribution in [0.4, 0.5) is 5.69 Å². The average Bonchev–Trinajstić information content (AvgIpc) is 2.32. The summed E-state index contributed by atoms with van der Waals surface area (Å²) in [4.78, 5) is 6.61. The number of fused-ring (bicyclic) bond motifs is 1. The second-order valence-electron chi connectivity index (χ2n) is 2.77. The molecule has 0 aromatic carbocycles. The van der Waals surface area contributed by atoms with Crippen molar-refractivity contribution in [1.29, 1.82) is 0 Å². The molecule has 58 valence electrons. The van der Waals surface area contributed by atoms with E-state index in [4.69, 9.17) is 0 Å². The summed E-state index contributed by atoms with van der Waals surface area (Å²) in [6.45, 7) is 1.10. The van der Waals surface area contributed by atoms with Crippen molar-refractivity contribution < 1.29 is 0 Å². The number of anilines is 1. The lowest BCUT2D eigenvalue weighted by Gasteiger charge is -2.10. The zero-order valence-corrected chi connectivity index (χ0v) is 7.93. The minimum absolute atomic E-state index is 0.937. The Bertz CT molecular complexity index is 285. The molecule has 1 aliphatic heterocycles. The molecule has 0 aliphatic carbocycles. The lowest BCUT2D eigenvalue weighted by atomic mass is 10.3. The van der Waals surface area contributed by atoms with Gasteiger partial charge in [0, 0.05) is 20.0 Å². The minimum Gasteiger partial charge on any atom is -0.373 e. The summed E-state index contributed by atoms with van der Waals surface area (Å²) in [5.74, 6) is 0. The van der Waals surface area contributed by atoms with Gasteiger partial charge < -0.3 is 4.90 Å². The zero-order valence-electron chi connectivity index (χ0n) is 6.34. The smallest absolute Gasteiger partial charge is 0.106 e. The highest BCUT2D eigenvalue weighted by Crippen LogP contribution is 2.25. The fraction of sp³-hybridized carbons (Fsp3) is 0.375. The van der Waals surface area contributed by atoms with Crippen LogP contribution in [-0.4, -0.2) is 18.6 Å². The largest absolute Gasteiger partial charge is 0.373 e. The van der Waals surface area contributed by atoms with E-state index >= 15 is 0 Å². The first kappa shape index (κ1) is 7.10. The number of halogens is 1. The second-order valence-corrected chi connectivity index (χ2v) is 3.58. The summed E-state index contributed by atoms with van der Waals surface area (Å²) in [5.41, 5.74) is 2.48. The first-order valence-corrected chi connectivity index (χ1v) is 4.43. The van der Waals surface area contributed by atoms with Gasteiger partial charge in [0.2, 0.25) is 0 Å². The highest BCUT2D eigenvalue weighted by Gasteiger charge is 2.16. The molecule has 0 fully saturated rings. The van der Waals surface area contributed by atoms with Gasteiger partial charge in [0.1, 0.15) is 4.60 Å². The van der Waals surface area contributed by atoms with Gasteiger partial charge in [0.15, 0.2) is 0 Å². The van der Waals surface area contributed by atoms with Crippen LogP contribution in [0.5, 0.6) is 0 Å². The molecule has 0 radical (unpaired) electrons. The number of nitrogens with zero attached hydrogens (tertiary/aromatic N) is 2. The minimum atomic E-state index is 0.937. The third-order valence-electron chi connectivity index (χ3n) is 2.01. The molecule has 0 N–H and O–H groups in total. The number of pyridine rings is 1. The number of hydrogen-bond donors (Lipinski definition) is 0. The standard InChI is InChI=1S/C8H9BrN2/c1-11-5-4-6-7(11)2-3-8(9)10-6/h2-3H,4-5H2,1H3. The summed E-state index contributed by atoms with van der Waals surface area (Å²) in [6, 6.07) is 4.10. The van der Waals surface area contributed by atoms with Gasteiger partial charge in [-0.25, -0.2) is 4.98 Å². The van der Waals surface area contributed by atoms with Gasteiger partial charge in [-0.1, -0.05) is 0 Å². The predicted molar refractivity (Wildman–Crippen MR) is 48.9 cm³/mol. The third kappa shape index (κ3) is 1.13. The molecular formula is C8H9BrN2. The van der Waals surface area contributed by atoms with Crippen LogP contribution in [0.3, 0.4) is 0 Å². The van der Waals surface area contributed by atoms with Gasteiger partial charge in [0.25, 0.3) is 0 Å². The van der Waals surface area contributed by atoms with Crippen LogP contribution < -0.4 is 4.90 Å². The first-order chi connectivity index (χ1) is 5.27. The maximum Gasteiger partial charge on any atom is 0.106 e. The predicted octanol–water partition coefficient (Wildman–Crippen LogP) is 1.84. The van der Waals surface area contributed by atoms with Crippen molar-refractivity contribution in [3.8, 4) is 0 Å². The molecule has 0 unspecified atom stereocenters. The van der Waals surface area contributed by atoms with E-state index in [2.05, 4.69) is 38.9 Å². The fourth-order valence-electron chi connectivity index (χ4n) is 1.39. The Morgan fingerprint density at radius 2 is 2.36 bits per heavy atom. The van der Waals surface area contributed by atoms with E-state index < -0.39 is 0 Å². The number of rotatable bonds is 0. The van der Waals surface area contributed by atoms with E-state index in [1.165, 1.54) is 11.4 Å². The SMILES string of the molecule is CN1CCc2nc(Br)ccc21. The molecule has 3 heteroatoms. The van der Waals surface area contributed by atoms with Crippen molar-refractivity contribution in [2.75, 3.05) is 18.5 Å². The van der Waals surface area contributed by atoms with E-state index in [0.29, 0.717) is 0 Å². The lowest BCUT2D eigenvalue weighted by molar-refractivity contribution is 0.942. The Labute approximate surface area is 74.4 Å². The topological polar surface area (TPSA) is 16.1 Å². The Morgan fingerprint density at radius 3 is 3.18 bits per heavy atom. The lowest BCUT2D eigenvalue weighted by Crippen LogP contribution is -2.12. The highest BCUT2D eigenvalue weighted by molar-refractivity contribution is 9.10. The van der Waals surface area contributed by atoms with Gasteiger partial charge in [-0.3, -0.25) is 0 Å². The average molecular weight is 213 g/mol. The van der Waals surface area contributed by atoms with Crippen molar-refractivity contribution in [2.24, 2.45) is 0 Å². The maximum absolute atomic E-state index is 4.38. The van der Waals surface area contributed by atoms with Crippen LogP contribution in [-0.2, 0) is 6.42 Å². The maximum atomic E-state index is 4.38. The second kappa shape index (κ2) is 2.48. The van der Waals surface area contributed by atoms with E-state index in [0.717, 1.165) is 17.6 Å². The van der Waals surface area contributed by atoms with Crippen LogP contribution in [0, 0.1) is 0 Å². The number of aromatic nitrogens is 1. The Hall–Kier alpha value is -0.570. The van der Waals surface area contributed by atoms with Crippen LogP contribution in [0.1, 0.15) is 5.69 Å². The third-order valence-corrected chi connectivity index (χ3v) is 2.45. The van der Waals surface area contributed by atoms with E-state index in [-0.39, 0.29) is 0 Å². The van der Waals surface area contributed by atoms with Crippen molar-refractivity contribution in [2.45, 2.75) is 6.42 Å². The molecule has 11 heavy (non-hydrogen) atoms. The van der Waals surface area contributed by atoms with Gasteiger partial charge in [-0.05, 0) is 28.1 Å². The Morgan fingerprint density at radius 1 is 1.55 bits per heavy atom. The van der Waals surface area contributed by atoms with Crippen molar-refractivity contribution >= 4 is 21.6 Å². The molecule has 2 nitrogen and oxygen atoms in total. The molecule has 0 bridgehead atoms.